The van der Waals surface area contributed by atoms with Crippen LogP contribution in [0.15, 0.2) is 76.9 Å². The zero-order valence-electron chi connectivity index (χ0n) is 20.2. The highest BCUT2D eigenvalue weighted by Crippen LogP contribution is 2.13. The fourth-order valence-corrected chi connectivity index (χ4v) is 3.07. The second-order valence-corrected chi connectivity index (χ2v) is 8.49. The van der Waals surface area contributed by atoms with Gasteiger partial charge in [-0.25, -0.2) is 4.79 Å². The van der Waals surface area contributed by atoms with E-state index in [1.165, 1.54) is 22.3 Å². The number of alkyl carbamates (subject to hydrolysis) is 1. The van der Waals surface area contributed by atoms with Gasteiger partial charge in [0, 0.05) is 6.54 Å². The molecule has 0 unspecified atom stereocenters. The number of carbonyl (C=O) groups is 1. The van der Waals surface area contributed by atoms with Crippen LogP contribution < -0.4 is 5.32 Å². The summed E-state index contributed by atoms with van der Waals surface area (Å²) in [4.78, 5) is 11.8. The number of hydrogen-bond donors (Lipinski definition) is 1. The maximum absolute atomic E-state index is 11.8. The molecule has 0 saturated carbocycles. The number of carbonyl (C=O) groups excluding carboxylic acids is 1. The van der Waals surface area contributed by atoms with Gasteiger partial charge in [0.25, 0.3) is 0 Å². The summed E-state index contributed by atoms with van der Waals surface area (Å²) in [5, 5.41) is 2.77. The van der Waals surface area contributed by atoms with E-state index >= 15 is 0 Å². The molecule has 31 heavy (non-hydrogen) atoms. The molecule has 1 amide bonds. The smallest absolute Gasteiger partial charge is 0.407 e. The van der Waals surface area contributed by atoms with Gasteiger partial charge in [0.1, 0.15) is 6.61 Å². The summed E-state index contributed by atoms with van der Waals surface area (Å²) < 4.78 is 5.23. The van der Waals surface area contributed by atoms with E-state index in [9.17, 15) is 4.79 Å². The molecule has 1 rings (SSSR count). The minimum atomic E-state index is -0.382. The Kier molecular flexibility index (Phi) is 13.8. The minimum absolute atomic E-state index is 0.311. The van der Waals surface area contributed by atoms with Crippen LogP contribution in [0.3, 0.4) is 0 Å². The molecule has 1 aromatic carbocycles. The van der Waals surface area contributed by atoms with Crippen LogP contribution in [0.2, 0.25) is 0 Å². The third-order valence-corrected chi connectivity index (χ3v) is 5.08. The van der Waals surface area contributed by atoms with Gasteiger partial charge < -0.3 is 10.1 Å². The summed E-state index contributed by atoms with van der Waals surface area (Å²) >= 11 is 0. The van der Waals surface area contributed by atoms with Gasteiger partial charge in [-0.3, -0.25) is 0 Å². The average molecular weight is 424 g/mol. The lowest BCUT2D eigenvalue weighted by molar-refractivity contribution is 0.157. The number of benzene rings is 1. The predicted molar refractivity (Wildman–Crippen MR) is 133 cm³/mol. The van der Waals surface area contributed by atoms with E-state index in [-0.39, 0.29) is 6.09 Å². The zero-order valence-corrected chi connectivity index (χ0v) is 20.2. The van der Waals surface area contributed by atoms with Gasteiger partial charge in [0.15, 0.2) is 0 Å². The molecule has 3 heteroatoms. The first-order valence-electron chi connectivity index (χ1n) is 11.4. The van der Waals surface area contributed by atoms with E-state index in [0.29, 0.717) is 13.2 Å². The molecular weight excluding hydrogens is 382 g/mol. The number of hydrogen-bond acceptors (Lipinski definition) is 2. The molecule has 1 aromatic rings. The second-order valence-electron chi connectivity index (χ2n) is 8.49. The SMILES string of the molecule is CC(C)=CCCC(C)=CCCC(C)=CCCC(C)=CCOC(=O)NCc1ccccc1. The van der Waals surface area contributed by atoms with E-state index in [0.717, 1.165) is 44.1 Å². The molecule has 170 valence electrons. The molecule has 0 spiro atoms. The van der Waals surface area contributed by atoms with Gasteiger partial charge in [-0.05, 0) is 84.8 Å². The van der Waals surface area contributed by atoms with E-state index in [1.54, 1.807) is 0 Å². The summed E-state index contributed by atoms with van der Waals surface area (Å²) in [7, 11) is 0. The monoisotopic (exact) mass is 423 g/mol. The lowest BCUT2D eigenvalue weighted by Crippen LogP contribution is -2.23. The maximum atomic E-state index is 11.8. The molecule has 3 nitrogen and oxygen atoms in total. The third-order valence-electron chi connectivity index (χ3n) is 5.08. The maximum Gasteiger partial charge on any atom is 0.407 e. The van der Waals surface area contributed by atoms with Crippen LogP contribution in [-0.2, 0) is 11.3 Å². The Labute approximate surface area is 190 Å². The van der Waals surface area contributed by atoms with Crippen molar-refractivity contribution < 1.29 is 9.53 Å². The molecule has 0 radical (unpaired) electrons. The highest BCUT2D eigenvalue weighted by atomic mass is 16.5. The Morgan fingerprint density at radius 2 is 1.29 bits per heavy atom. The van der Waals surface area contributed by atoms with Crippen LogP contribution in [0.4, 0.5) is 4.79 Å². The van der Waals surface area contributed by atoms with Gasteiger partial charge in [0.2, 0.25) is 0 Å². The first kappa shape index (κ1) is 26.5. The van der Waals surface area contributed by atoms with Crippen molar-refractivity contribution in [2.45, 2.75) is 79.7 Å². The van der Waals surface area contributed by atoms with Crippen LogP contribution in [0.1, 0.15) is 78.7 Å². The summed E-state index contributed by atoms with van der Waals surface area (Å²) in [6.45, 7) is 11.6. The van der Waals surface area contributed by atoms with Gasteiger partial charge >= 0.3 is 6.09 Å². The number of ether oxygens (including phenoxy) is 1. The highest BCUT2D eigenvalue weighted by Gasteiger charge is 2.00. The van der Waals surface area contributed by atoms with Crippen molar-refractivity contribution in [1.82, 2.24) is 5.32 Å². The topological polar surface area (TPSA) is 38.3 Å². The minimum Gasteiger partial charge on any atom is -0.445 e. The molecule has 1 N–H and O–H groups in total. The Hall–Kier alpha value is -2.55. The zero-order chi connectivity index (χ0) is 22.9. The van der Waals surface area contributed by atoms with Crippen LogP contribution in [0.25, 0.3) is 0 Å². The molecule has 0 atom stereocenters. The fourth-order valence-electron chi connectivity index (χ4n) is 3.07. The van der Waals surface area contributed by atoms with Gasteiger partial charge in [-0.15, -0.1) is 0 Å². The Balaban J connectivity index is 2.18. The van der Waals surface area contributed by atoms with Crippen molar-refractivity contribution in [2.24, 2.45) is 0 Å². The lowest BCUT2D eigenvalue weighted by Gasteiger charge is -2.06. The molecule has 0 aliphatic carbocycles. The molecule has 0 aliphatic rings. The van der Waals surface area contributed by atoms with E-state index in [2.05, 4.69) is 58.2 Å². The molecular formula is C28H41NO2. The highest BCUT2D eigenvalue weighted by molar-refractivity contribution is 5.67. The standard InChI is InChI=1S/C28H41NO2/c1-23(2)12-9-13-24(3)14-10-15-25(4)16-11-17-26(5)20-21-31-28(30)29-22-27-18-7-6-8-19-27/h6-8,12,14,16,18-20H,9-11,13,15,17,21-22H2,1-5H3,(H,29,30). The summed E-state index contributed by atoms with van der Waals surface area (Å²) in [6, 6.07) is 9.82. The lowest BCUT2D eigenvalue weighted by atomic mass is 10.0. The Morgan fingerprint density at radius 1 is 0.774 bits per heavy atom. The number of nitrogens with one attached hydrogen (secondary N) is 1. The van der Waals surface area contributed by atoms with Crippen molar-refractivity contribution >= 4 is 6.09 Å². The fraction of sp³-hybridized carbons (Fsp3) is 0.464. The summed E-state index contributed by atoms with van der Waals surface area (Å²) in [6.07, 6.45) is 15.2. The van der Waals surface area contributed by atoms with Crippen LogP contribution in [0.5, 0.6) is 0 Å². The van der Waals surface area contributed by atoms with Crippen LogP contribution >= 0.6 is 0 Å². The Bertz CT molecular complexity index is 765. The molecule has 0 aromatic heterocycles. The second kappa shape index (κ2) is 16.2. The van der Waals surface area contributed by atoms with Crippen molar-refractivity contribution in [2.75, 3.05) is 6.61 Å². The van der Waals surface area contributed by atoms with Gasteiger partial charge in [0.05, 0.1) is 0 Å². The van der Waals surface area contributed by atoms with E-state index < -0.39 is 0 Å². The number of amides is 1. The van der Waals surface area contributed by atoms with Gasteiger partial charge in [-0.1, -0.05) is 70.9 Å². The third kappa shape index (κ3) is 15.0. The first-order valence-corrected chi connectivity index (χ1v) is 11.4. The summed E-state index contributed by atoms with van der Waals surface area (Å²) in [5.74, 6) is 0. The molecule has 0 aliphatic heterocycles. The average Bonchev–Trinajstić information content (AvgIpc) is 2.72. The summed E-state index contributed by atoms with van der Waals surface area (Å²) in [5.41, 5.74) is 6.63. The molecule has 0 heterocycles. The van der Waals surface area contributed by atoms with E-state index in [4.69, 9.17) is 4.74 Å². The molecule has 0 saturated heterocycles. The van der Waals surface area contributed by atoms with Crippen molar-refractivity contribution in [3.63, 3.8) is 0 Å². The quantitative estimate of drug-likeness (QED) is 0.326. The van der Waals surface area contributed by atoms with Crippen LogP contribution in [-0.4, -0.2) is 12.7 Å². The number of allylic oxidation sites excluding steroid dienone is 7. The van der Waals surface area contributed by atoms with E-state index in [1.807, 2.05) is 36.4 Å². The van der Waals surface area contributed by atoms with Crippen LogP contribution in [0, 0.1) is 0 Å². The first-order chi connectivity index (χ1) is 14.9. The number of rotatable bonds is 13. The Morgan fingerprint density at radius 3 is 1.84 bits per heavy atom. The van der Waals surface area contributed by atoms with Crippen molar-refractivity contribution in [3.05, 3.63) is 82.5 Å². The van der Waals surface area contributed by atoms with Crippen molar-refractivity contribution in [3.8, 4) is 0 Å². The van der Waals surface area contributed by atoms with Gasteiger partial charge in [-0.2, -0.15) is 0 Å². The molecule has 0 fully saturated rings. The van der Waals surface area contributed by atoms with Crippen molar-refractivity contribution in [1.29, 1.82) is 0 Å². The predicted octanol–water partition coefficient (Wildman–Crippen LogP) is 8.06. The largest absolute Gasteiger partial charge is 0.445 e. The molecule has 0 bridgehead atoms. The normalized spacial score (nSPS) is 12.5.